The van der Waals surface area contributed by atoms with Crippen LogP contribution in [0.2, 0.25) is 0 Å². The molecule has 1 aliphatic carbocycles. The van der Waals surface area contributed by atoms with E-state index >= 15 is 0 Å². The lowest BCUT2D eigenvalue weighted by Crippen LogP contribution is -2.42. The van der Waals surface area contributed by atoms with E-state index in [1.54, 1.807) is 0 Å². The van der Waals surface area contributed by atoms with Crippen LogP contribution in [0.5, 0.6) is 0 Å². The van der Waals surface area contributed by atoms with Gasteiger partial charge in [-0.2, -0.15) is 0 Å². The third kappa shape index (κ3) is 3.69. The van der Waals surface area contributed by atoms with Gasteiger partial charge in [0.2, 0.25) is 0 Å². The highest BCUT2D eigenvalue weighted by atomic mass is 79.9. The highest BCUT2D eigenvalue weighted by Gasteiger charge is 2.58. The summed E-state index contributed by atoms with van der Waals surface area (Å²) in [4.78, 5) is 0. The molecule has 0 N–H and O–H groups in total. The van der Waals surface area contributed by atoms with Crippen molar-refractivity contribution in [2.75, 3.05) is 0 Å². The van der Waals surface area contributed by atoms with Gasteiger partial charge < -0.3 is 4.57 Å². The molecule has 0 saturated heterocycles. The van der Waals surface area contributed by atoms with Crippen LogP contribution in [0.4, 0.5) is 0 Å². The van der Waals surface area contributed by atoms with Crippen LogP contribution in [0.25, 0.3) is 38.6 Å². The Bertz CT molecular complexity index is 1790. The van der Waals surface area contributed by atoms with E-state index < -0.39 is 0 Å². The fourth-order valence-corrected chi connectivity index (χ4v) is 8.65. The van der Waals surface area contributed by atoms with Crippen LogP contribution in [-0.2, 0) is 16.2 Å². The van der Waals surface area contributed by atoms with E-state index in [9.17, 15) is 0 Å². The first-order valence-electron chi connectivity index (χ1n) is 14.3. The van der Waals surface area contributed by atoms with Crippen molar-refractivity contribution in [1.82, 2.24) is 4.57 Å². The van der Waals surface area contributed by atoms with E-state index in [0.29, 0.717) is 0 Å². The van der Waals surface area contributed by atoms with Gasteiger partial charge in [-0.25, -0.2) is 0 Å². The van der Waals surface area contributed by atoms with Crippen LogP contribution >= 0.6 is 31.9 Å². The minimum absolute atomic E-state index is 0.0112. The van der Waals surface area contributed by atoms with E-state index in [-0.39, 0.29) is 21.7 Å². The molecule has 6 rings (SSSR count). The second-order valence-corrected chi connectivity index (χ2v) is 15.9. The first kappa shape index (κ1) is 27.8. The van der Waals surface area contributed by atoms with Gasteiger partial charge in [0.15, 0.2) is 0 Å². The summed E-state index contributed by atoms with van der Waals surface area (Å²) < 4.78 is 4.79. The molecule has 0 atom stereocenters. The van der Waals surface area contributed by atoms with Crippen molar-refractivity contribution in [3.05, 3.63) is 98.4 Å². The fraction of sp³-hybridized carbons (Fsp3) is 0.351. The molecule has 40 heavy (non-hydrogen) atoms. The minimum Gasteiger partial charge on any atom is -0.307 e. The number of rotatable bonds is 2. The largest absolute Gasteiger partial charge is 0.307 e. The number of fused-ring (bicyclic) bond motifs is 4. The zero-order valence-corrected chi connectivity index (χ0v) is 28.3. The Morgan fingerprint density at radius 1 is 0.650 bits per heavy atom. The van der Waals surface area contributed by atoms with E-state index in [1.807, 2.05) is 0 Å². The van der Waals surface area contributed by atoms with Gasteiger partial charge in [-0.15, -0.1) is 0 Å². The molecular weight excluding hydrogens is 618 g/mol. The summed E-state index contributed by atoms with van der Waals surface area (Å²) in [6.45, 7) is 21.4. The molecule has 1 aliphatic rings. The van der Waals surface area contributed by atoms with Crippen LogP contribution in [0.1, 0.15) is 79.0 Å². The topological polar surface area (TPSA) is 4.93 Å². The van der Waals surface area contributed by atoms with Gasteiger partial charge >= 0.3 is 0 Å². The molecule has 206 valence electrons. The van der Waals surface area contributed by atoms with Crippen molar-refractivity contribution < 1.29 is 0 Å². The zero-order valence-electron chi connectivity index (χ0n) is 25.1. The van der Waals surface area contributed by atoms with Gasteiger partial charge in [0.25, 0.3) is 0 Å². The maximum absolute atomic E-state index is 4.24. The van der Waals surface area contributed by atoms with E-state index in [2.05, 4.69) is 172 Å². The molecule has 0 saturated carbocycles. The van der Waals surface area contributed by atoms with E-state index in [0.717, 1.165) is 4.47 Å². The third-order valence-electron chi connectivity index (χ3n) is 10.6. The summed E-state index contributed by atoms with van der Waals surface area (Å²) in [5.74, 6) is 0. The highest BCUT2D eigenvalue weighted by Crippen LogP contribution is 2.64. The molecule has 0 bridgehead atoms. The second-order valence-electron chi connectivity index (χ2n) is 14.2. The van der Waals surface area contributed by atoms with Crippen LogP contribution in [-0.4, -0.2) is 4.57 Å². The minimum atomic E-state index is -0.0112. The lowest BCUT2D eigenvalue weighted by atomic mass is 9.59. The predicted molar refractivity (Wildman–Crippen MR) is 180 cm³/mol. The molecule has 1 aromatic heterocycles. The Labute approximate surface area is 256 Å². The zero-order chi connectivity index (χ0) is 29.0. The van der Waals surface area contributed by atoms with Crippen LogP contribution < -0.4 is 0 Å². The van der Waals surface area contributed by atoms with Crippen LogP contribution in [0.15, 0.2) is 81.7 Å². The highest BCUT2D eigenvalue weighted by molar-refractivity contribution is 9.11. The molecule has 0 amide bonds. The third-order valence-corrected chi connectivity index (χ3v) is 11.9. The first-order chi connectivity index (χ1) is 18.6. The molecule has 0 fully saturated rings. The van der Waals surface area contributed by atoms with Crippen molar-refractivity contribution in [3.63, 3.8) is 0 Å². The second kappa shape index (κ2) is 8.82. The smallest absolute Gasteiger partial charge is 0.0686 e. The normalized spacial score (nSPS) is 17.5. The predicted octanol–water partition coefficient (Wildman–Crippen LogP) is 11.9. The van der Waals surface area contributed by atoms with Gasteiger partial charge in [-0.1, -0.05) is 105 Å². The van der Waals surface area contributed by atoms with Crippen molar-refractivity contribution >= 4 is 53.7 Å². The molecular formula is C37H39Br2N. The van der Waals surface area contributed by atoms with Crippen molar-refractivity contribution in [1.29, 1.82) is 0 Å². The lowest BCUT2D eigenvalue weighted by Gasteiger charge is -2.44. The van der Waals surface area contributed by atoms with Crippen LogP contribution in [0.3, 0.4) is 0 Å². The summed E-state index contributed by atoms with van der Waals surface area (Å²) in [7, 11) is 0. The molecule has 0 spiro atoms. The quantitative estimate of drug-likeness (QED) is 0.178. The van der Waals surface area contributed by atoms with Gasteiger partial charge in [0, 0.05) is 25.4 Å². The molecule has 0 radical (unpaired) electrons. The van der Waals surface area contributed by atoms with Gasteiger partial charge in [-0.3, -0.25) is 0 Å². The lowest BCUT2D eigenvalue weighted by molar-refractivity contribution is 0.125. The van der Waals surface area contributed by atoms with Gasteiger partial charge in [-0.05, 0) is 112 Å². The Morgan fingerprint density at radius 2 is 1.25 bits per heavy atom. The van der Waals surface area contributed by atoms with Crippen LogP contribution in [0, 0.1) is 5.41 Å². The van der Waals surface area contributed by atoms with Crippen molar-refractivity contribution in [3.8, 4) is 16.8 Å². The number of halogens is 2. The first-order valence-corrected chi connectivity index (χ1v) is 15.8. The Morgan fingerprint density at radius 3 is 1.85 bits per heavy atom. The Balaban J connectivity index is 1.78. The van der Waals surface area contributed by atoms with Crippen molar-refractivity contribution in [2.45, 2.75) is 78.6 Å². The number of hydrogen-bond donors (Lipinski definition) is 0. The number of benzene rings is 4. The van der Waals surface area contributed by atoms with Gasteiger partial charge in [0.05, 0.1) is 11.0 Å². The number of nitrogens with zero attached hydrogens (tertiary/aromatic N) is 1. The van der Waals surface area contributed by atoms with E-state index in [1.165, 1.54) is 59.8 Å². The molecule has 3 heteroatoms. The average molecular weight is 658 g/mol. The Hall–Kier alpha value is -2.36. The summed E-state index contributed by atoms with van der Waals surface area (Å²) in [6.07, 6.45) is 0. The molecule has 0 unspecified atom stereocenters. The maximum Gasteiger partial charge on any atom is 0.0686 e. The SMILES string of the molecule is CC(C)(C)c1ccc(-n2c3c(Br)cc(-c4ccccc4)cc3c3cc4c(c(Br)c32)C(C)(C)C(C)(C)C4(C)C)cc1. The molecule has 1 nitrogen and oxygen atoms in total. The standard InChI is InChI=1S/C37H39Br2N/c1-34(2,3)24-15-17-25(18-16-24)40-32-26(19-23(20-29(32)38)22-13-11-10-12-14-22)27-21-28-30(31(39)33(27)40)36(6,7)37(8,9)35(28,4)5/h10-21H,1-9H3. The fourth-order valence-electron chi connectivity index (χ4n) is 6.91. The summed E-state index contributed by atoms with van der Waals surface area (Å²) in [5.41, 5.74) is 10.5. The van der Waals surface area contributed by atoms with Gasteiger partial charge in [0.1, 0.15) is 0 Å². The molecule has 0 aliphatic heterocycles. The molecule has 5 aromatic rings. The summed E-state index contributed by atoms with van der Waals surface area (Å²) >= 11 is 8.27. The summed E-state index contributed by atoms with van der Waals surface area (Å²) in [5, 5.41) is 2.56. The monoisotopic (exact) mass is 655 g/mol. The molecule has 1 heterocycles. The average Bonchev–Trinajstić information content (AvgIpc) is 3.28. The molecule has 4 aromatic carbocycles. The summed E-state index contributed by atoms with van der Waals surface area (Å²) in [6, 6.07) is 27.0. The Kier molecular flexibility index (Phi) is 6.13. The van der Waals surface area contributed by atoms with Crippen molar-refractivity contribution in [2.24, 2.45) is 5.41 Å². The van der Waals surface area contributed by atoms with E-state index in [4.69, 9.17) is 0 Å². The maximum atomic E-state index is 4.24. The number of hydrogen-bond acceptors (Lipinski definition) is 0. The number of aromatic nitrogens is 1.